The van der Waals surface area contributed by atoms with Gasteiger partial charge in [-0.25, -0.2) is 9.97 Å². The van der Waals surface area contributed by atoms with Crippen molar-refractivity contribution in [3.8, 4) is 0 Å². The summed E-state index contributed by atoms with van der Waals surface area (Å²) in [5.74, 6) is 0. The van der Waals surface area contributed by atoms with Crippen LogP contribution in [-0.4, -0.2) is 25.3 Å². The summed E-state index contributed by atoms with van der Waals surface area (Å²) in [6.45, 7) is 5.02. The van der Waals surface area contributed by atoms with Crippen molar-refractivity contribution in [3.05, 3.63) is 71.0 Å². The van der Waals surface area contributed by atoms with E-state index in [2.05, 4.69) is 45.8 Å². The second-order valence-corrected chi connectivity index (χ2v) is 6.63. The van der Waals surface area contributed by atoms with E-state index in [9.17, 15) is 0 Å². The Labute approximate surface area is 151 Å². The summed E-state index contributed by atoms with van der Waals surface area (Å²) in [7, 11) is 0. The lowest BCUT2D eigenvalue weighted by atomic mass is 10.2. The molecule has 4 heterocycles. The SMILES string of the molecule is Cc1cccc2nc(CCNC(C)c3c(Cl)nc4ccccn34)cn12. The fraction of sp³-hybridized carbons (Fsp3) is 0.263. The van der Waals surface area contributed by atoms with Crippen molar-refractivity contribution in [2.24, 2.45) is 0 Å². The zero-order valence-corrected chi connectivity index (χ0v) is 15.0. The molecule has 0 aromatic carbocycles. The maximum absolute atomic E-state index is 6.34. The Morgan fingerprint density at radius 3 is 2.72 bits per heavy atom. The minimum atomic E-state index is 0.101. The third-order valence-corrected chi connectivity index (χ3v) is 4.79. The van der Waals surface area contributed by atoms with Gasteiger partial charge in [-0.2, -0.15) is 0 Å². The molecule has 4 rings (SSSR count). The van der Waals surface area contributed by atoms with Crippen LogP contribution in [0.1, 0.15) is 30.0 Å². The number of hydrogen-bond donors (Lipinski definition) is 1. The largest absolute Gasteiger partial charge is 0.308 e. The quantitative estimate of drug-likeness (QED) is 0.593. The Hall–Kier alpha value is -2.37. The lowest BCUT2D eigenvalue weighted by Crippen LogP contribution is -2.22. The number of nitrogens with zero attached hydrogens (tertiary/aromatic N) is 4. The van der Waals surface area contributed by atoms with Gasteiger partial charge in [0.1, 0.15) is 11.3 Å². The van der Waals surface area contributed by atoms with Gasteiger partial charge >= 0.3 is 0 Å². The second-order valence-electron chi connectivity index (χ2n) is 6.27. The molecule has 1 N–H and O–H groups in total. The van der Waals surface area contributed by atoms with Crippen molar-refractivity contribution in [2.75, 3.05) is 6.54 Å². The predicted octanol–water partition coefficient (Wildman–Crippen LogP) is 3.84. The summed E-state index contributed by atoms with van der Waals surface area (Å²) in [5.41, 5.74) is 5.12. The first-order chi connectivity index (χ1) is 12.1. The standard InChI is InChI=1S/C19H20ClN5/c1-13-6-5-8-16-22-15(12-25(13)16)9-10-21-14(2)18-19(20)23-17-7-3-4-11-24(17)18/h3-8,11-12,14,21H,9-10H2,1-2H3. The minimum Gasteiger partial charge on any atom is -0.308 e. The summed E-state index contributed by atoms with van der Waals surface area (Å²) >= 11 is 6.34. The first-order valence-corrected chi connectivity index (χ1v) is 8.81. The second kappa shape index (κ2) is 6.50. The number of hydrogen-bond acceptors (Lipinski definition) is 3. The highest BCUT2D eigenvalue weighted by Gasteiger charge is 2.16. The molecule has 0 amide bonds. The number of aryl methyl sites for hydroxylation is 1. The third kappa shape index (κ3) is 3.01. The fourth-order valence-electron chi connectivity index (χ4n) is 3.21. The summed E-state index contributed by atoms with van der Waals surface area (Å²) in [4.78, 5) is 9.09. The molecule has 4 aromatic heterocycles. The predicted molar refractivity (Wildman–Crippen MR) is 100 cm³/mol. The summed E-state index contributed by atoms with van der Waals surface area (Å²) in [5, 5.41) is 4.08. The Morgan fingerprint density at radius 1 is 1.08 bits per heavy atom. The van der Waals surface area contributed by atoms with Gasteiger partial charge < -0.3 is 14.1 Å². The van der Waals surface area contributed by atoms with Crippen LogP contribution < -0.4 is 5.32 Å². The van der Waals surface area contributed by atoms with Crippen LogP contribution in [0.3, 0.4) is 0 Å². The highest BCUT2D eigenvalue weighted by atomic mass is 35.5. The van der Waals surface area contributed by atoms with Gasteiger partial charge in [0.2, 0.25) is 0 Å². The maximum Gasteiger partial charge on any atom is 0.152 e. The Bertz CT molecular complexity index is 1030. The number of halogens is 1. The normalized spacial score (nSPS) is 12.9. The van der Waals surface area contributed by atoms with Crippen molar-refractivity contribution in [3.63, 3.8) is 0 Å². The van der Waals surface area contributed by atoms with E-state index in [0.717, 1.165) is 35.6 Å². The zero-order valence-electron chi connectivity index (χ0n) is 14.3. The number of fused-ring (bicyclic) bond motifs is 2. The fourth-order valence-corrected chi connectivity index (χ4v) is 3.55. The molecule has 0 aliphatic rings. The number of nitrogens with one attached hydrogen (secondary N) is 1. The number of pyridine rings is 2. The molecule has 0 radical (unpaired) electrons. The first kappa shape index (κ1) is 16.1. The lowest BCUT2D eigenvalue weighted by Gasteiger charge is -2.13. The van der Waals surface area contributed by atoms with Crippen LogP contribution in [0.25, 0.3) is 11.3 Å². The average molecular weight is 354 g/mol. The molecular formula is C19H20ClN5. The van der Waals surface area contributed by atoms with Crippen LogP contribution in [0.5, 0.6) is 0 Å². The van der Waals surface area contributed by atoms with Crippen LogP contribution in [0.15, 0.2) is 48.8 Å². The molecule has 0 bridgehead atoms. The van der Waals surface area contributed by atoms with Gasteiger partial charge in [-0.1, -0.05) is 23.7 Å². The van der Waals surface area contributed by atoms with Gasteiger partial charge in [-0.15, -0.1) is 0 Å². The first-order valence-electron chi connectivity index (χ1n) is 8.43. The minimum absolute atomic E-state index is 0.101. The third-order valence-electron chi connectivity index (χ3n) is 4.51. The molecular weight excluding hydrogens is 334 g/mol. The van der Waals surface area contributed by atoms with Crippen LogP contribution in [0, 0.1) is 6.92 Å². The van der Waals surface area contributed by atoms with E-state index in [4.69, 9.17) is 11.6 Å². The molecule has 5 nitrogen and oxygen atoms in total. The molecule has 1 atom stereocenters. The maximum atomic E-state index is 6.34. The highest BCUT2D eigenvalue weighted by molar-refractivity contribution is 6.30. The van der Waals surface area contributed by atoms with Crippen molar-refractivity contribution in [1.82, 2.24) is 24.1 Å². The monoisotopic (exact) mass is 353 g/mol. The van der Waals surface area contributed by atoms with Gasteiger partial charge in [0.25, 0.3) is 0 Å². The molecule has 0 saturated carbocycles. The van der Waals surface area contributed by atoms with Gasteiger partial charge in [-0.3, -0.25) is 0 Å². The smallest absolute Gasteiger partial charge is 0.152 e. The van der Waals surface area contributed by atoms with Crippen molar-refractivity contribution in [2.45, 2.75) is 26.3 Å². The summed E-state index contributed by atoms with van der Waals surface area (Å²) in [6.07, 6.45) is 4.96. The molecule has 128 valence electrons. The average Bonchev–Trinajstić information content (AvgIpc) is 3.15. The van der Waals surface area contributed by atoms with Crippen LogP contribution >= 0.6 is 11.6 Å². The Balaban J connectivity index is 1.47. The number of aromatic nitrogens is 4. The van der Waals surface area contributed by atoms with Crippen LogP contribution in [0.2, 0.25) is 5.15 Å². The molecule has 25 heavy (non-hydrogen) atoms. The lowest BCUT2D eigenvalue weighted by molar-refractivity contribution is 0.559. The molecule has 0 fully saturated rings. The molecule has 0 spiro atoms. The van der Waals surface area contributed by atoms with Gasteiger partial charge in [0, 0.05) is 37.1 Å². The topological polar surface area (TPSA) is 46.6 Å². The van der Waals surface area contributed by atoms with E-state index >= 15 is 0 Å². The summed E-state index contributed by atoms with van der Waals surface area (Å²) in [6, 6.07) is 12.2. The highest BCUT2D eigenvalue weighted by Crippen LogP contribution is 2.23. The van der Waals surface area contributed by atoms with E-state index in [1.54, 1.807) is 0 Å². The van der Waals surface area contributed by atoms with Crippen molar-refractivity contribution >= 4 is 22.9 Å². The van der Waals surface area contributed by atoms with Gasteiger partial charge in [-0.05, 0) is 38.1 Å². The van der Waals surface area contributed by atoms with Crippen LogP contribution in [-0.2, 0) is 6.42 Å². The van der Waals surface area contributed by atoms with E-state index in [-0.39, 0.29) is 6.04 Å². The zero-order chi connectivity index (χ0) is 17.4. The molecule has 0 saturated heterocycles. The van der Waals surface area contributed by atoms with Gasteiger partial charge in [0.15, 0.2) is 5.15 Å². The van der Waals surface area contributed by atoms with E-state index in [1.165, 1.54) is 5.69 Å². The number of imidazole rings is 2. The molecule has 6 heteroatoms. The summed E-state index contributed by atoms with van der Waals surface area (Å²) < 4.78 is 4.16. The van der Waals surface area contributed by atoms with E-state index < -0.39 is 0 Å². The van der Waals surface area contributed by atoms with Gasteiger partial charge in [0.05, 0.1) is 11.4 Å². The van der Waals surface area contributed by atoms with E-state index in [1.807, 2.05) is 40.9 Å². The molecule has 0 aliphatic heterocycles. The Morgan fingerprint density at radius 2 is 1.88 bits per heavy atom. The number of rotatable bonds is 5. The van der Waals surface area contributed by atoms with Crippen LogP contribution in [0.4, 0.5) is 0 Å². The molecule has 1 unspecified atom stereocenters. The van der Waals surface area contributed by atoms with E-state index in [0.29, 0.717) is 5.15 Å². The van der Waals surface area contributed by atoms with Crippen molar-refractivity contribution in [1.29, 1.82) is 0 Å². The Kier molecular flexibility index (Phi) is 4.19. The molecule has 0 aliphatic carbocycles. The van der Waals surface area contributed by atoms with Crippen molar-refractivity contribution < 1.29 is 0 Å². The molecule has 4 aromatic rings.